The Hall–Kier alpha value is -7.07. The Morgan fingerprint density at radius 1 is 0.691 bits per heavy atom. The molecule has 0 atom stereocenters. The van der Waals surface area contributed by atoms with Gasteiger partial charge < -0.3 is 40.7 Å². The van der Waals surface area contributed by atoms with Gasteiger partial charge in [-0.15, -0.1) is 6.42 Å². The van der Waals surface area contributed by atoms with Crippen molar-refractivity contribution in [3.63, 3.8) is 0 Å². The molecule has 2 aromatic heterocycles. The summed E-state index contributed by atoms with van der Waals surface area (Å²) >= 11 is 2.11. The molecule has 6 aromatic rings. The first kappa shape index (κ1) is 36.3. The highest BCUT2D eigenvalue weighted by Gasteiger charge is 2.19. The average molecular weight is 851 g/mol. The Balaban J connectivity index is 0.000000169. The van der Waals surface area contributed by atoms with E-state index in [1.807, 2.05) is 6.07 Å². The number of terminal acetylenes is 1. The molecule has 4 amide bonds. The van der Waals surface area contributed by atoms with Gasteiger partial charge in [0.1, 0.15) is 11.5 Å². The van der Waals surface area contributed by atoms with E-state index in [2.05, 4.69) is 69.7 Å². The van der Waals surface area contributed by atoms with Crippen LogP contribution in [0.4, 0.5) is 11.4 Å². The monoisotopic (exact) mass is 850 g/mol. The number of anilines is 2. The van der Waals surface area contributed by atoms with E-state index < -0.39 is 17.4 Å². The van der Waals surface area contributed by atoms with E-state index in [1.165, 1.54) is 0 Å². The lowest BCUT2D eigenvalue weighted by Crippen LogP contribution is -2.28. The van der Waals surface area contributed by atoms with Crippen LogP contribution in [0.25, 0.3) is 21.8 Å². The van der Waals surface area contributed by atoms with Gasteiger partial charge in [0, 0.05) is 22.2 Å². The Morgan fingerprint density at radius 3 is 1.69 bits per heavy atom. The molecule has 6 N–H and O–H groups in total. The van der Waals surface area contributed by atoms with Crippen molar-refractivity contribution in [3.8, 4) is 23.8 Å². The minimum absolute atomic E-state index is 0.0108. The molecular formula is C38H27IN8O8. The van der Waals surface area contributed by atoms with E-state index in [9.17, 15) is 28.8 Å². The van der Waals surface area contributed by atoms with E-state index >= 15 is 0 Å². The predicted molar refractivity (Wildman–Crippen MR) is 209 cm³/mol. The van der Waals surface area contributed by atoms with Crippen molar-refractivity contribution < 1.29 is 28.7 Å². The summed E-state index contributed by atoms with van der Waals surface area (Å²) in [6.45, 7) is 0.353. The SMILES string of the molecule is C#Cc1ccc2nc(C(=O)NCc3ccc4c(c3)NC(=O)CO4)[nH]c(=O)c2c1.O=C1COc2ccc(CNC(=O)c3nc4ccc(I)cc4c(=O)[nH]3)cc2N1. The van der Waals surface area contributed by atoms with E-state index in [1.54, 1.807) is 66.7 Å². The second-order valence-corrected chi connectivity index (χ2v) is 13.3. The van der Waals surface area contributed by atoms with Crippen LogP contribution in [0.2, 0.25) is 0 Å². The number of carbonyl (C=O) groups is 4. The van der Waals surface area contributed by atoms with Crippen LogP contribution in [0.1, 0.15) is 37.9 Å². The highest BCUT2D eigenvalue weighted by Crippen LogP contribution is 2.29. The third kappa shape index (κ3) is 8.29. The van der Waals surface area contributed by atoms with E-state index in [0.29, 0.717) is 50.2 Å². The highest BCUT2D eigenvalue weighted by molar-refractivity contribution is 14.1. The molecule has 8 rings (SSSR count). The van der Waals surface area contributed by atoms with Crippen LogP contribution in [0.15, 0.2) is 82.4 Å². The van der Waals surface area contributed by atoms with Gasteiger partial charge in [-0.3, -0.25) is 28.8 Å². The molecular weight excluding hydrogens is 823 g/mol. The number of hydrogen-bond donors (Lipinski definition) is 6. The number of H-pyrrole nitrogens is 2. The topological polar surface area (TPSA) is 226 Å². The molecule has 0 bridgehead atoms. The highest BCUT2D eigenvalue weighted by atomic mass is 127. The molecule has 0 saturated heterocycles. The first-order valence-corrected chi connectivity index (χ1v) is 17.5. The number of halogens is 1. The van der Waals surface area contributed by atoms with Gasteiger partial charge in [0.2, 0.25) is 0 Å². The Morgan fingerprint density at radius 2 is 1.18 bits per heavy atom. The summed E-state index contributed by atoms with van der Waals surface area (Å²) in [5.74, 6) is 1.97. The van der Waals surface area contributed by atoms with Gasteiger partial charge in [-0.2, -0.15) is 0 Å². The van der Waals surface area contributed by atoms with Crippen LogP contribution >= 0.6 is 22.6 Å². The molecule has 0 radical (unpaired) electrons. The summed E-state index contributed by atoms with van der Waals surface area (Å²) in [5.41, 5.74) is 3.21. The maximum atomic E-state index is 12.4. The standard InChI is InChI=1S/C20H14N4O4.C18H13IN4O4/c1-2-11-3-5-14-13(7-11)19(26)24-18(23-14)20(27)21-9-12-4-6-16-15(8-12)22-17(25)10-28-16;19-10-2-3-12-11(6-10)17(25)23-16(22-12)18(26)20-7-9-1-4-14-13(5-9)21-15(24)8-27-14/h1,3-8H,9-10H2,(H,21,27)(H,22,25)(H,23,24,26);1-6H,7-8H2,(H,20,26)(H,21,24)(H,22,23,25). The lowest BCUT2D eigenvalue weighted by Gasteiger charge is -2.18. The van der Waals surface area contributed by atoms with Crippen LogP contribution < -0.4 is 41.9 Å². The third-order valence-electron chi connectivity index (χ3n) is 8.23. The molecule has 0 spiro atoms. The van der Waals surface area contributed by atoms with Crippen LogP contribution in [-0.2, 0) is 22.7 Å². The number of hydrogen-bond acceptors (Lipinski definition) is 10. The van der Waals surface area contributed by atoms with Crippen LogP contribution in [-0.4, -0.2) is 56.8 Å². The molecule has 2 aliphatic heterocycles. The fraction of sp³-hybridized carbons (Fsp3) is 0.105. The van der Waals surface area contributed by atoms with Crippen LogP contribution in [0, 0.1) is 15.9 Å². The number of aromatic amines is 2. The molecule has 0 aliphatic carbocycles. The molecule has 4 aromatic carbocycles. The molecule has 0 saturated carbocycles. The van der Waals surface area contributed by atoms with Gasteiger partial charge in [-0.1, -0.05) is 18.1 Å². The summed E-state index contributed by atoms with van der Waals surface area (Å²) in [5, 5.41) is 11.6. The van der Waals surface area contributed by atoms with Gasteiger partial charge in [0.05, 0.1) is 33.2 Å². The quantitative estimate of drug-likeness (QED) is 0.106. The third-order valence-corrected chi connectivity index (χ3v) is 8.90. The first-order valence-electron chi connectivity index (χ1n) is 16.4. The number of amides is 4. The number of aromatic nitrogens is 4. The first-order chi connectivity index (χ1) is 26.5. The molecule has 0 fully saturated rings. The maximum absolute atomic E-state index is 12.4. The van der Waals surface area contributed by atoms with E-state index in [4.69, 9.17) is 15.9 Å². The predicted octanol–water partition coefficient (Wildman–Crippen LogP) is 2.95. The molecule has 16 nitrogen and oxygen atoms in total. The lowest BCUT2D eigenvalue weighted by atomic mass is 10.1. The molecule has 274 valence electrons. The lowest BCUT2D eigenvalue weighted by molar-refractivity contribution is -0.119. The Labute approximate surface area is 323 Å². The van der Waals surface area contributed by atoms with Crippen LogP contribution in [0.5, 0.6) is 11.5 Å². The van der Waals surface area contributed by atoms with Crippen molar-refractivity contribution >= 4 is 79.4 Å². The molecule has 4 heterocycles. The minimum atomic E-state index is -0.530. The zero-order chi connectivity index (χ0) is 38.6. The fourth-order valence-corrected chi connectivity index (χ4v) is 6.06. The zero-order valence-corrected chi connectivity index (χ0v) is 30.5. The van der Waals surface area contributed by atoms with Crippen molar-refractivity contribution in [1.82, 2.24) is 30.6 Å². The minimum Gasteiger partial charge on any atom is -0.482 e. The molecule has 17 heteroatoms. The van der Waals surface area contributed by atoms with Crippen molar-refractivity contribution in [2.24, 2.45) is 0 Å². The number of carbonyl (C=O) groups excluding carboxylic acids is 4. The van der Waals surface area contributed by atoms with Gasteiger partial charge in [-0.25, -0.2) is 9.97 Å². The maximum Gasteiger partial charge on any atom is 0.287 e. The van der Waals surface area contributed by atoms with Gasteiger partial charge >= 0.3 is 0 Å². The fourth-order valence-electron chi connectivity index (χ4n) is 5.57. The number of rotatable bonds is 6. The Kier molecular flexibility index (Phi) is 10.2. The second kappa shape index (κ2) is 15.5. The smallest absolute Gasteiger partial charge is 0.287 e. The molecule has 2 aliphatic rings. The van der Waals surface area contributed by atoms with Gasteiger partial charge in [-0.05, 0) is 94.4 Å². The summed E-state index contributed by atoms with van der Waals surface area (Å²) in [4.78, 5) is 85.4. The van der Waals surface area contributed by atoms with Crippen LogP contribution in [0.3, 0.4) is 0 Å². The number of nitrogens with zero attached hydrogens (tertiary/aromatic N) is 2. The van der Waals surface area contributed by atoms with Crippen molar-refractivity contribution in [3.05, 3.63) is 125 Å². The number of ether oxygens (including phenoxy) is 2. The van der Waals surface area contributed by atoms with E-state index in [0.717, 1.165) is 14.7 Å². The van der Waals surface area contributed by atoms with Gasteiger partial charge in [0.25, 0.3) is 34.7 Å². The summed E-state index contributed by atoms with van der Waals surface area (Å²) in [7, 11) is 0. The van der Waals surface area contributed by atoms with Crippen molar-refractivity contribution in [2.45, 2.75) is 13.1 Å². The average Bonchev–Trinajstić information content (AvgIpc) is 3.18. The van der Waals surface area contributed by atoms with Crippen molar-refractivity contribution in [1.29, 1.82) is 0 Å². The number of fused-ring (bicyclic) bond motifs is 4. The summed E-state index contributed by atoms with van der Waals surface area (Å²) in [6.07, 6.45) is 5.34. The number of nitrogens with one attached hydrogen (secondary N) is 6. The number of benzene rings is 4. The van der Waals surface area contributed by atoms with Gasteiger partial charge in [0.15, 0.2) is 24.9 Å². The molecule has 0 unspecified atom stereocenters. The summed E-state index contributed by atoms with van der Waals surface area (Å²) < 4.78 is 11.5. The summed E-state index contributed by atoms with van der Waals surface area (Å²) in [6, 6.07) is 20.5. The second-order valence-electron chi connectivity index (χ2n) is 12.1. The largest absolute Gasteiger partial charge is 0.482 e. The zero-order valence-electron chi connectivity index (χ0n) is 28.4. The van der Waals surface area contributed by atoms with E-state index in [-0.39, 0.29) is 55.3 Å². The molecule has 55 heavy (non-hydrogen) atoms. The van der Waals surface area contributed by atoms with Crippen molar-refractivity contribution in [2.75, 3.05) is 23.8 Å². The normalized spacial score (nSPS) is 12.7. The Bertz CT molecular complexity index is 2740.